The maximum atomic E-state index is 13.4. The van der Waals surface area contributed by atoms with Crippen molar-refractivity contribution >= 4 is 21.9 Å². The number of nitrogens with two attached hydrogens (primary N) is 1. The minimum Gasteiger partial charge on any atom is -0.469 e. The molecule has 0 radical (unpaired) electrons. The second kappa shape index (κ2) is 5.36. The van der Waals surface area contributed by atoms with Gasteiger partial charge in [0.25, 0.3) is 0 Å². The zero-order valence-electron chi connectivity index (χ0n) is 8.47. The lowest BCUT2D eigenvalue weighted by Crippen LogP contribution is -2.19. The molecule has 0 amide bonds. The Hall–Kier alpha value is -1.01. The molecule has 0 saturated carbocycles. The summed E-state index contributed by atoms with van der Waals surface area (Å²) < 4.78 is 31.5. The standard InChI is InChI=1S/C10H10BrF2NO2/c1-16-9(15)4-8(14)10-6(12)2-5(11)3-7(10)13/h2-3,8H,4,14H2,1H3/t8-/m0/s1. The van der Waals surface area contributed by atoms with E-state index in [0.717, 1.165) is 12.1 Å². The summed E-state index contributed by atoms with van der Waals surface area (Å²) in [5, 5.41) is 0. The van der Waals surface area contributed by atoms with Gasteiger partial charge in [-0.3, -0.25) is 4.79 Å². The number of esters is 1. The van der Waals surface area contributed by atoms with Crippen LogP contribution < -0.4 is 5.73 Å². The minimum absolute atomic E-state index is 0.272. The van der Waals surface area contributed by atoms with E-state index in [2.05, 4.69) is 20.7 Å². The number of hydrogen-bond donors (Lipinski definition) is 1. The molecule has 6 heteroatoms. The van der Waals surface area contributed by atoms with Gasteiger partial charge in [-0.2, -0.15) is 0 Å². The van der Waals surface area contributed by atoms with Crippen LogP contribution in [0.25, 0.3) is 0 Å². The fraction of sp³-hybridized carbons (Fsp3) is 0.300. The molecule has 0 saturated heterocycles. The average Bonchev–Trinajstić information content (AvgIpc) is 2.15. The Morgan fingerprint density at radius 1 is 1.50 bits per heavy atom. The molecule has 2 N–H and O–H groups in total. The molecule has 1 aromatic rings. The molecular formula is C10H10BrF2NO2. The predicted molar refractivity (Wildman–Crippen MR) is 57.6 cm³/mol. The van der Waals surface area contributed by atoms with Gasteiger partial charge in [0, 0.05) is 16.1 Å². The van der Waals surface area contributed by atoms with Crippen molar-refractivity contribution in [3.8, 4) is 0 Å². The summed E-state index contributed by atoms with van der Waals surface area (Å²) in [6, 6.07) is 1.13. The maximum absolute atomic E-state index is 13.4. The number of ether oxygens (including phenoxy) is 1. The molecule has 1 aromatic carbocycles. The Labute approximate surface area is 99.7 Å². The van der Waals surface area contributed by atoms with Crippen LogP contribution in [-0.2, 0) is 9.53 Å². The summed E-state index contributed by atoms with van der Waals surface area (Å²) in [4.78, 5) is 10.9. The first kappa shape index (κ1) is 13.1. The van der Waals surface area contributed by atoms with Crippen molar-refractivity contribution in [2.75, 3.05) is 7.11 Å². The second-order valence-electron chi connectivity index (χ2n) is 3.17. The summed E-state index contributed by atoms with van der Waals surface area (Å²) in [5.74, 6) is -2.19. The van der Waals surface area contributed by atoms with E-state index in [1.165, 1.54) is 7.11 Å². The molecule has 1 rings (SSSR count). The molecule has 3 nitrogen and oxygen atoms in total. The van der Waals surface area contributed by atoms with Crippen molar-refractivity contribution in [2.45, 2.75) is 12.5 Å². The Morgan fingerprint density at radius 3 is 2.44 bits per heavy atom. The summed E-state index contributed by atoms with van der Waals surface area (Å²) >= 11 is 2.95. The van der Waals surface area contributed by atoms with Crippen LogP contribution in [0.15, 0.2) is 16.6 Å². The van der Waals surface area contributed by atoms with E-state index in [1.54, 1.807) is 0 Å². The van der Waals surface area contributed by atoms with Crippen molar-refractivity contribution in [1.29, 1.82) is 0 Å². The largest absolute Gasteiger partial charge is 0.469 e. The first-order valence-corrected chi connectivity index (χ1v) is 5.21. The zero-order chi connectivity index (χ0) is 12.3. The number of halogens is 3. The number of methoxy groups -OCH3 is 1. The fourth-order valence-electron chi connectivity index (χ4n) is 1.27. The van der Waals surface area contributed by atoms with Crippen molar-refractivity contribution in [2.24, 2.45) is 5.73 Å². The normalized spacial score (nSPS) is 12.3. The highest BCUT2D eigenvalue weighted by Gasteiger charge is 2.20. The number of carbonyl (C=O) groups excluding carboxylic acids is 1. The van der Waals surface area contributed by atoms with Crippen molar-refractivity contribution < 1.29 is 18.3 Å². The van der Waals surface area contributed by atoms with Crippen molar-refractivity contribution in [3.63, 3.8) is 0 Å². The van der Waals surface area contributed by atoms with Gasteiger partial charge in [0.15, 0.2) is 0 Å². The van der Waals surface area contributed by atoms with E-state index in [-0.39, 0.29) is 16.5 Å². The van der Waals surface area contributed by atoms with Crippen LogP contribution in [0.5, 0.6) is 0 Å². The van der Waals surface area contributed by atoms with Gasteiger partial charge >= 0.3 is 5.97 Å². The lowest BCUT2D eigenvalue weighted by atomic mass is 10.0. The van der Waals surface area contributed by atoms with Crippen molar-refractivity contribution in [1.82, 2.24) is 0 Å². The lowest BCUT2D eigenvalue weighted by molar-refractivity contribution is -0.141. The smallest absolute Gasteiger partial charge is 0.307 e. The highest BCUT2D eigenvalue weighted by Crippen LogP contribution is 2.25. The van der Waals surface area contributed by atoms with Crippen LogP contribution in [0, 0.1) is 11.6 Å². The third-order valence-electron chi connectivity index (χ3n) is 2.03. The van der Waals surface area contributed by atoms with Crippen LogP contribution in [0.1, 0.15) is 18.0 Å². The SMILES string of the molecule is COC(=O)C[C@H](N)c1c(F)cc(Br)cc1F. The van der Waals surface area contributed by atoms with Gasteiger partial charge in [-0.25, -0.2) is 8.78 Å². The highest BCUT2D eigenvalue weighted by atomic mass is 79.9. The molecule has 0 aliphatic heterocycles. The quantitative estimate of drug-likeness (QED) is 0.870. The van der Waals surface area contributed by atoms with E-state index in [0.29, 0.717) is 0 Å². The fourth-order valence-corrected chi connectivity index (χ4v) is 1.67. The second-order valence-corrected chi connectivity index (χ2v) is 4.09. The molecule has 0 aliphatic carbocycles. The molecule has 0 aliphatic rings. The van der Waals surface area contributed by atoms with Crippen LogP contribution in [0.3, 0.4) is 0 Å². The summed E-state index contributed by atoms with van der Waals surface area (Å²) in [6.07, 6.45) is -0.272. The first-order valence-electron chi connectivity index (χ1n) is 4.42. The van der Waals surface area contributed by atoms with Gasteiger partial charge in [-0.05, 0) is 12.1 Å². The molecule has 0 spiro atoms. The summed E-state index contributed by atoms with van der Waals surface area (Å²) in [6.45, 7) is 0. The van der Waals surface area contributed by atoms with Crippen molar-refractivity contribution in [3.05, 3.63) is 33.8 Å². The van der Waals surface area contributed by atoms with Gasteiger partial charge < -0.3 is 10.5 Å². The van der Waals surface area contributed by atoms with E-state index in [1.807, 2.05) is 0 Å². The Morgan fingerprint density at radius 2 is 2.00 bits per heavy atom. The molecule has 0 bridgehead atoms. The molecule has 0 unspecified atom stereocenters. The zero-order valence-corrected chi connectivity index (χ0v) is 10.1. The Kier molecular flexibility index (Phi) is 4.37. The number of benzene rings is 1. The first-order chi connectivity index (χ1) is 7.45. The van der Waals surface area contributed by atoms with E-state index >= 15 is 0 Å². The molecule has 16 heavy (non-hydrogen) atoms. The monoisotopic (exact) mass is 293 g/mol. The molecule has 0 aromatic heterocycles. The minimum atomic E-state index is -1.06. The Balaban J connectivity index is 2.99. The van der Waals surface area contributed by atoms with E-state index < -0.39 is 23.6 Å². The topological polar surface area (TPSA) is 52.3 Å². The van der Waals surface area contributed by atoms with E-state index in [9.17, 15) is 13.6 Å². The molecule has 0 fully saturated rings. The summed E-state index contributed by atoms with van der Waals surface area (Å²) in [5.41, 5.74) is 5.22. The number of hydrogen-bond acceptors (Lipinski definition) is 3. The maximum Gasteiger partial charge on any atom is 0.307 e. The van der Waals surface area contributed by atoms with Crippen LogP contribution in [0.2, 0.25) is 0 Å². The van der Waals surface area contributed by atoms with E-state index in [4.69, 9.17) is 5.73 Å². The molecule has 0 heterocycles. The molecule has 1 atom stereocenters. The van der Waals surface area contributed by atoms with Gasteiger partial charge in [0.1, 0.15) is 11.6 Å². The average molecular weight is 294 g/mol. The third-order valence-corrected chi connectivity index (χ3v) is 2.49. The lowest BCUT2D eigenvalue weighted by Gasteiger charge is -2.12. The number of rotatable bonds is 3. The summed E-state index contributed by atoms with van der Waals surface area (Å²) in [7, 11) is 1.18. The van der Waals surface area contributed by atoms with Crippen LogP contribution >= 0.6 is 15.9 Å². The van der Waals surface area contributed by atoms with Crippen LogP contribution in [0.4, 0.5) is 8.78 Å². The van der Waals surface area contributed by atoms with Crippen LogP contribution in [-0.4, -0.2) is 13.1 Å². The van der Waals surface area contributed by atoms with Gasteiger partial charge in [-0.1, -0.05) is 15.9 Å². The third kappa shape index (κ3) is 2.99. The van der Waals surface area contributed by atoms with Gasteiger partial charge in [0.05, 0.1) is 13.5 Å². The molecule has 88 valence electrons. The molecular weight excluding hydrogens is 284 g/mol. The predicted octanol–water partition coefficient (Wildman–Crippen LogP) is 2.29. The Bertz CT molecular complexity index is 389. The highest BCUT2D eigenvalue weighted by molar-refractivity contribution is 9.10. The van der Waals surface area contributed by atoms with Gasteiger partial charge in [-0.15, -0.1) is 0 Å². The van der Waals surface area contributed by atoms with Gasteiger partial charge in [0.2, 0.25) is 0 Å². The number of carbonyl (C=O) groups is 1.